The van der Waals surface area contributed by atoms with Gasteiger partial charge in [0.25, 0.3) is 0 Å². The molecule has 27 heavy (non-hydrogen) atoms. The van der Waals surface area contributed by atoms with Gasteiger partial charge in [0, 0.05) is 37.4 Å². The molecule has 1 atom stereocenters. The topological polar surface area (TPSA) is 54.2 Å². The van der Waals surface area contributed by atoms with E-state index in [1.807, 2.05) is 28.3 Å². The van der Waals surface area contributed by atoms with Crippen LogP contribution >= 0.6 is 35.3 Å². The van der Waals surface area contributed by atoms with Crippen molar-refractivity contribution in [2.75, 3.05) is 13.6 Å². The Kier molecular flexibility index (Phi) is 8.80. The van der Waals surface area contributed by atoms with E-state index < -0.39 is 0 Å². The van der Waals surface area contributed by atoms with Crippen LogP contribution in [0.4, 0.5) is 0 Å². The van der Waals surface area contributed by atoms with E-state index in [1.165, 1.54) is 10.4 Å². The van der Waals surface area contributed by atoms with Gasteiger partial charge in [-0.15, -0.1) is 35.3 Å². The number of aromatic nitrogens is 2. The Labute approximate surface area is 181 Å². The fraction of sp³-hybridized carbons (Fsp3) is 0.300. The molecule has 3 aromatic rings. The summed E-state index contributed by atoms with van der Waals surface area (Å²) in [5, 5.41) is 13.2. The van der Waals surface area contributed by atoms with Crippen LogP contribution in [0.3, 0.4) is 0 Å². The van der Waals surface area contributed by atoms with E-state index in [1.54, 1.807) is 13.2 Å². The van der Waals surface area contributed by atoms with Crippen molar-refractivity contribution in [1.29, 1.82) is 0 Å². The van der Waals surface area contributed by atoms with E-state index in [0.717, 1.165) is 31.2 Å². The Morgan fingerprint density at radius 2 is 2.00 bits per heavy atom. The molecule has 0 saturated carbocycles. The summed E-state index contributed by atoms with van der Waals surface area (Å²) in [5.41, 5.74) is 2.26. The van der Waals surface area contributed by atoms with Gasteiger partial charge in [0.05, 0.1) is 5.69 Å². The maximum atomic E-state index is 4.31. The number of nitrogens with zero attached hydrogens (tertiary/aromatic N) is 3. The third-order valence-corrected chi connectivity index (χ3v) is 5.04. The minimum Gasteiger partial charge on any atom is -0.356 e. The minimum atomic E-state index is 0. The molecule has 0 aliphatic heterocycles. The number of benzene rings is 1. The Balaban J connectivity index is 0.00000261. The number of nitrogens with one attached hydrogen (secondary N) is 2. The van der Waals surface area contributed by atoms with Gasteiger partial charge in [0.15, 0.2) is 5.96 Å². The number of halogens is 1. The zero-order chi connectivity index (χ0) is 18.2. The molecule has 0 aliphatic carbocycles. The molecular formula is C20H26IN5S. The van der Waals surface area contributed by atoms with Crippen LogP contribution in [-0.4, -0.2) is 29.3 Å². The highest BCUT2D eigenvalue weighted by atomic mass is 127. The lowest BCUT2D eigenvalue weighted by molar-refractivity contribution is 0.562. The van der Waals surface area contributed by atoms with Crippen molar-refractivity contribution < 1.29 is 0 Å². The summed E-state index contributed by atoms with van der Waals surface area (Å²) in [6.45, 7) is 3.89. The summed E-state index contributed by atoms with van der Waals surface area (Å²) in [6.07, 6.45) is 4.82. The molecule has 1 unspecified atom stereocenters. The number of hydrogen-bond acceptors (Lipinski definition) is 3. The first-order chi connectivity index (χ1) is 12.7. The van der Waals surface area contributed by atoms with Gasteiger partial charge in [-0.1, -0.05) is 25.1 Å². The predicted octanol–water partition coefficient (Wildman–Crippen LogP) is 4.10. The first-order valence-corrected chi connectivity index (χ1v) is 9.68. The molecule has 2 heterocycles. The first-order valence-electron chi connectivity index (χ1n) is 8.80. The third-order valence-electron chi connectivity index (χ3n) is 4.14. The minimum absolute atomic E-state index is 0. The lowest BCUT2D eigenvalue weighted by Gasteiger charge is -2.16. The van der Waals surface area contributed by atoms with Crippen LogP contribution in [-0.2, 0) is 13.0 Å². The Morgan fingerprint density at radius 1 is 1.19 bits per heavy atom. The summed E-state index contributed by atoms with van der Waals surface area (Å²) in [6, 6.07) is 14.6. The summed E-state index contributed by atoms with van der Waals surface area (Å²) >= 11 is 1.82. The summed E-state index contributed by atoms with van der Waals surface area (Å²) < 4.78 is 1.85. The molecule has 5 nitrogen and oxygen atoms in total. The third kappa shape index (κ3) is 6.66. The van der Waals surface area contributed by atoms with Crippen LogP contribution in [0, 0.1) is 5.92 Å². The predicted molar refractivity (Wildman–Crippen MR) is 124 cm³/mol. The summed E-state index contributed by atoms with van der Waals surface area (Å²) in [5.74, 6) is 1.39. The van der Waals surface area contributed by atoms with E-state index in [9.17, 15) is 0 Å². The van der Waals surface area contributed by atoms with Crippen LogP contribution < -0.4 is 10.6 Å². The van der Waals surface area contributed by atoms with Gasteiger partial charge in [0.2, 0.25) is 0 Å². The molecular weight excluding hydrogens is 469 g/mol. The number of guanidine groups is 1. The fourth-order valence-electron chi connectivity index (χ4n) is 2.71. The summed E-state index contributed by atoms with van der Waals surface area (Å²) in [7, 11) is 1.81. The van der Waals surface area contributed by atoms with Crippen molar-refractivity contribution in [1.82, 2.24) is 20.4 Å². The lowest BCUT2D eigenvalue weighted by Crippen LogP contribution is -2.39. The maximum Gasteiger partial charge on any atom is 0.191 e. The van der Waals surface area contributed by atoms with Crippen molar-refractivity contribution in [3.8, 4) is 5.69 Å². The number of rotatable bonds is 7. The maximum absolute atomic E-state index is 4.31. The molecule has 0 saturated heterocycles. The van der Waals surface area contributed by atoms with Crippen molar-refractivity contribution in [2.45, 2.75) is 19.9 Å². The second-order valence-corrected chi connectivity index (χ2v) is 7.34. The average Bonchev–Trinajstić information content (AvgIpc) is 3.36. The van der Waals surface area contributed by atoms with Gasteiger partial charge >= 0.3 is 0 Å². The molecule has 2 N–H and O–H groups in total. The van der Waals surface area contributed by atoms with Crippen LogP contribution in [0.2, 0.25) is 0 Å². The van der Waals surface area contributed by atoms with E-state index in [0.29, 0.717) is 5.92 Å². The van der Waals surface area contributed by atoms with Crippen LogP contribution in [0.15, 0.2) is 65.2 Å². The molecule has 3 rings (SSSR count). The molecule has 144 valence electrons. The van der Waals surface area contributed by atoms with Gasteiger partial charge in [-0.3, -0.25) is 4.99 Å². The second-order valence-electron chi connectivity index (χ2n) is 6.31. The molecule has 0 fully saturated rings. The Morgan fingerprint density at radius 3 is 2.63 bits per heavy atom. The quantitative estimate of drug-likeness (QED) is 0.295. The van der Waals surface area contributed by atoms with Gasteiger partial charge in [-0.2, -0.15) is 5.10 Å². The zero-order valence-corrected chi connectivity index (χ0v) is 18.8. The first kappa shape index (κ1) is 21.4. The van der Waals surface area contributed by atoms with E-state index in [4.69, 9.17) is 0 Å². The lowest BCUT2D eigenvalue weighted by atomic mass is 10.1. The van der Waals surface area contributed by atoms with Crippen LogP contribution in [0.25, 0.3) is 5.69 Å². The standard InChI is InChI=1S/C20H25N5S.HI/c1-16(13-19-5-3-12-26-19)14-22-20(21-2)23-15-17-6-8-18(9-7-17)25-11-4-10-24-25;/h3-12,16H,13-15H2,1-2H3,(H2,21,22,23);1H. The monoisotopic (exact) mass is 495 g/mol. The zero-order valence-electron chi connectivity index (χ0n) is 15.6. The average molecular weight is 495 g/mol. The highest BCUT2D eigenvalue weighted by Crippen LogP contribution is 2.13. The highest BCUT2D eigenvalue weighted by molar-refractivity contribution is 14.0. The van der Waals surface area contributed by atoms with Crippen LogP contribution in [0.1, 0.15) is 17.4 Å². The molecule has 0 amide bonds. The number of thiophene rings is 1. The molecule has 7 heteroatoms. The van der Waals surface area contributed by atoms with Crippen molar-refractivity contribution >= 4 is 41.3 Å². The summed E-state index contributed by atoms with van der Waals surface area (Å²) in [4.78, 5) is 5.74. The Hall–Kier alpha value is -1.87. The van der Waals surface area contributed by atoms with Gasteiger partial charge in [-0.25, -0.2) is 4.68 Å². The number of aliphatic imine (C=N–C) groups is 1. The molecule has 0 radical (unpaired) electrons. The van der Waals surface area contributed by atoms with E-state index in [2.05, 4.69) is 69.4 Å². The van der Waals surface area contributed by atoms with Crippen molar-refractivity contribution in [3.63, 3.8) is 0 Å². The normalized spacial score (nSPS) is 12.3. The van der Waals surface area contributed by atoms with E-state index in [-0.39, 0.29) is 24.0 Å². The smallest absolute Gasteiger partial charge is 0.191 e. The van der Waals surface area contributed by atoms with Crippen LogP contribution in [0.5, 0.6) is 0 Å². The van der Waals surface area contributed by atoms with Crippen molar-refractivity contribution in [3.05, 3.63) is 70.7 Å². The fourth-order valence-corrected chi connectivity index (χ4v) is 3.58. The molecule has 2 aromatic heterocycles. The largest absolute Gasteiger partial charge is 0.356 e. The second kappa shape index (κ2) is 11.1. The van der Waals surface area contributed by atoms with Crippen molar-refractivity contribution in [2.24, 2.45) is 10.9 Å². The van der Waals surface area contributed by atoms with Gasteiger partial charge < -0.3 is 10.6 Å². The van der Waals surface area contributed by atoms with Gasteiger partial charge in [0.1, 0.15) is 0 Å². The highest BCUT2D eigenvalue weighted by Gasteiger charge is 2.06. The Bertz CT molecular complexity index is 798. The van der Waals surface area contributed by atoms with Gasteiger partial charge in [-0.05, 0) is 47.5 Å². The SMILES string of the molecule is CN=C(NCc1ccc(-n2cccn2)cc1)NCC(C)Cc1cccs1.I. The van der Waals surface area contributed by atoms with E-state index >= 15 is 0 Å². The number of hydrogen-bond donors (Lipinski definition) is 2. The molecule has 0 bridgehead atoms. The molecule has 0 aliphatic rings. The molecule has 1 aromatic carbocycles. The molecule has 0 spiro atoms.